The van der Waals surface area contributed by atoms with Crippen LogP contribution in [0.5, 0.6) is 5.75 Å². The first-order valence-electron chi connectivity index (χ1n) is 9.75. The van der Waals surface area contributed by atoms with E-state index < -0.39 is 5.97 Å². The third kappa shape index (κ3) is 4.33. The molecule has 1 aliphatic rings. The molecule has 8 heteroatoms. The molecule has 2 unspecified atom stereocenters. The van der Waals surface area contributed by atoms with Crippen LogP contribution in [0, 0.1) is 12.8 Å². The topological polar surface area (TPSA) is 84.9 Å². The molecule has 1 fully saturated rings. The van der Waals surface area contributed by atoms with Gasteiger partial charge in [0.2, 0.25) is 5.91 Å². The maximum Gasteiger partial charge on any atom is 0.341 e. The van der Waals surface area contributed by atoms with Gasteiger partial charge in [0.1, 0.15) is 10.8 Å². The second-order valence-corrected chi connectivity index (χ2v) is 8.41. The van der Waals surface area contributed by atoms with Gasteiger partial charge in [-0.15, -0.1) is 11.3 Å². The number of methoxy groups -OCH3 is 1. The van der Waals surface area contributed by atoms with Crippen molar-refractivity contribution in [3.05, 3.63) is 45.8 Å². The van der Waals surface area contributed by atoms with Crippen LogP contribution in [0.3, 0.4) is 0 Å². The van der Waals surface area contributed by atoms with Gasteiger partial charge in [0, 0.05) is 20.0 Å². The Morgan fingerprint density at radius 2 is 1.87 bits per heavy atom. The van der Waals surface area contributed by atoms with E-state index in [0.717, 1.165) is 29.1 Å². The predicted octanol–water partition coefficient (Wildman–Crippen LogP) is 3.69. The van der Waals surface area contributed by atoms with Crippen LogP contribution in [0.2, 0.25) is 0 Å². The lowest BCUT2D eigenvalue weighted by Crippen LogP contribution is -2.21. The number of esters is 1. The van der Waals surface area contributed by atoms with Crippen LogP contribution in [0.4, 0.5) is 5.00 Å². The molecule has 1 aromatic heterocycles. The average Bonchev–Trinajstić information content (AvgIpc) is 3.46. The molecule has 0 radical (unpaired) electrons. The van der Waals surface area contributed by atoms with Crippen LogP contribution in [0.15, 0.2) is 24.3 Å². The summed E-state index contributed by atoms with van der Waals surface area (Å²) in [5.74, 6) is -0.194. The van der Waals surface area contributed by atoms with Crippen molar-refractivity contribution in [3.8, 4) is 5.75 Å². The molecule has 1 aliphatic carbocycles. The standard InChI is InChI=1S/C22H26N2O5S/c1-6-29-22(27)17-12(2)18(21(26)24(3)4)30-20(17)23-19(25)16-11-15(16)13-7-9-14(28-5)10-8-13/h7-10,15-16H,6,11H2,1-5H3,(H,23,25). The highest BCUT2D eigenvalue weighted by Crippen LogP contribution is 2.48. The van der Waals surface area contributed by atoms with Crippen LogP contribution >= 0.6 is 11.3 Å². The number of carbonyl (C=O) groups is 3. The summed E-state index contributed by atoms with van der Waals surface area (Å²) in [5, 5.41) is 3.23. The third-order valence-corrected chi connectivity index (χ3v) is 6.33. The van der Waals surface area contributed by atoms with Crippen LogP contribution in [0.25, 0.3) is 0 Å². The van der Waals surface area contributed by atoms with Gasteiger partial charge in [0.15, 0.2) is 0 Å². The van der Waals surface area contributed by atoms with E-state index in [4.69, 9.17) is 9.47 Å². The highest BCUT2D eigenvalue weighted by atomic mass is 32.1. The summed E-state index contributed by atoms with van der Waals surface area (Å²) in [6, 6.07) is 7.68. The van der Waals surface area contributed by atoms with Crippen molar-refractivity contribution in [2.24, 2.45) is 5.92 Å². The van der Waals surface area contributed by atoms with Gasteiger partial charge in [-0.05, 0) is 49.4 Å². The molecule has 1 saturated carbocycles. The normalized spacial score (nSPS) is 17.2. The molecule has 1 aromatic carbocycles. The Bertz CT molecular complexity index is 965. The zero-order chi connectivity index (χ0) is 22.0. The Kier molecular flexibility index (Phi) is 6.45. The van der Waals surface area contributed by atoms with Crippen molar-refractivity contribution in [2.45, 2.75) is 26.2 Å². The van der Waals surface area contributed by atoms with Gasteiger partial charge in [-0.1, -0.05) is 12.1 Å². The Hall–Kier alpha value is -2.87. The third-order valence-electron chi connectivity index (χ3n) is 5.13. The van der Waals surface area contributed by atoms with Gasteiger partial charge in [0.05, 0.1) is 24.2 Å². The van der Waals surface area contributed by atoms with E-state index in [1.54, 1.807) is 35.1 Å². The number of ether oxygens (including phenoxy) is 2. The Morgan fingerprint density at radius 1 is 1.20 bits per heavy atom. The van der Waals surface area contributed by atoms with Crippen molar-refractivity contribution in [3.63, 3.8) is 0 Å². The molecule has 2 amide bonds. The number of anilines is 1. The van der Waals surface area contributed by atoms with Crippen molar-refractivity contribution < 1.29 is 23.9 Å². The summed E-state index contributed by atoms with van der Waals surface area (Å²) in [4.78, 5) is 39.7. The number of thiophene rings is 1. The summed E-state index contributed by atoms with van der Waals surface area (Å²) in [6.45, 7) is 3.63. The molecule has 1 N–H and O–H groups in total. The molecular formula is C22H26N2O5S. The van der Waals surface area contributed by atoms with Crippen molar-refractivity contribution in [1.29, 1.82) is 0 Å². The highest BCUT2D eigenvalue weighted by molar-refractivity contribution is 7.18. The first-order valence-corrected chi connectivity index (χ1v) is 10.6. The Morgan fingerprint density at radius 3 is 2.43 bits per heavy atom. The van der Waals surface area contributed by atoms with E-state index in [0.29, 0.717) is 15.4 Å². The zero-order valence-electron chi connectivity index (χ0n) is 17.8. The maximum absolute atomic E-state index is 12.9. The molecule has 0 aliphatic heterocycles. The minimum atomic E-state index is -0.540. The van der Waals surface area contributed by atoms with Gasteiger partial charge in [-0.2, -0.15) is 0 Å². The number of benzene rings is 1. The number of nitrogens with one attached hydrogen (secondary N) is 1. The SMILES string of the molecule is CCOC(=O)c1c(NC(=O)C2CC2c2ccc(OC)cc2)sc(C(=O)N(C)C)c1C. The number of amides is 2. The predicted molar refractivity (Wildman–Crippen MR) is 116 cm³/mol. The van der Waals surface area contributed by atoms with Crippen molar-refractivity contribution in [1.82, 2.24) is 4.90 Å². The van der Waals surface area contributed by atoms with E-state index in [1.165, 1.54) is 4.90 Å². The van der Waals surface area contributed by atoms with E-state index >= 15 is 0 Å². The van der Waals surface area contributed by atoms with Crippen LogP contribution in [-0.4, -0.2) is 50.5 Å². The summed E-state index contributed by atoms with van der Waals surface area (Å²) in [5.41, 5.74) is 1.85. The van der Waals surface area contributed by atoms with Crippen LogP contribution in [0.1, 0.15) is 50.4 Å². The molecule has 2 aromatic rings. The van der Waals surface area contributed by atoms with Crippen molar-refractivity contribution in [2.75, 3.05) is 33.1 Å². The molecule has 1 heterocycles. The molecule has 2 atom stereocenters. The van der Waals surface area contributed by atoms with Gasteiger partial charge in [0.25, 0.3) is 5.91 Å². The van der Waals surface area contributed by atoms with Crippen molar-refractivity contribution >= 4 is 34.1 Å². The monoisotopic (exact) mass is 430 g/mol. The number of nitrogens with zero attached hydrogens (tertiary/aromatic N) is 1. The molecule has 3 rings (SSSR count). The number of carbonyl (C=O) groups excluding carboxylic acids is 3. The second-order valence-electron chi connectivity index (χ2n) is 7.39. The summed E-state index contributed by atoms with van der Waals surface area (Å²) >= 11 is 1.11. The summed E-state index contributed by atoms with van der Waals surface area (Å²) in [7, 11) is 4.91. The van der Waals surface area contributed by atoms with E-state index in [9.17, 15) is 14.4 Å². The summed E-state index contributed by atoms with van der Waals surface area (Å²) in [6.07, 6.45) is 0.737. The quantitative estimate of drug-likeness (QED) is 0.678. The minimum absolute atomic E-state index is 0.130. The fraction of sp³-hybridized carbons (Fsp3) is 0.409. The molecular weight excluding hydrogens is 404 g/mol. The first-order chi connectivity index (χ1) is 14.3. The largest absolute Gasteiger partial charge is 0.497 e. The molecule has 30 heavy (non-hydrogen) atoms. The molecule has 160 valence electrons. The zero-order valence-corrected chi connectivity index (χ0v) is 18.6. The van der Waals surface area contributed by atoms with E-state index in [2.05, 4.69) is 5.32 Å². The van der Waals surface area contributed by atoms with Gasteiger partial charge < -0.3 is 19.7 Å². The second kappa shape index (κ2) is 8.87. The average molecular weight is 431 g/mol. The van der Waals surface area contributed by atoms with Gasteiger partial charge in [-0.25, -0.2) is 4.79 Å². The van der Waals surface area contributed by atoms with Gasteiger partial charge in [-0.3, -0.25) is 9.59 Å². The smallest absolute Gasteiger partial charge is 0.341 e. The first kappa shape index (κ1) is 21.8. The fourth-order valence-corrected chi connectivity index (χ4v) is 4.59. The molecule has 0 bridgehead atoms. The number of hydrogen-bond acceptors (Lipinski definition) is 6. The van der Waals surface area contributed by atoms with Crippen LogP contribution in [-0.2, 0) is 9.53 Å². The lowest BCUT2D eigenvalue weighted by Gasteiger charge is -2.09. The molecule has 7 nitrogen and oxygen atoms in total. The van der Waals surface area contributed by atoms with E-state index in [-0.39, 0.29) is 35.8 Å². The Labute approximate surface area is 180 Å². The van der Waals surface area contributed by atoms with Gasteiger partial charge >= 0.3 is 5.97 Å². The fourth-order valence-electron chi connectivity index (χ4n) is 3.37. The summed E-state index contributed by atoms with van der Waals surface area (Å²) < 4.78 is 10.3. The van der Waals surface area contributed by atoms with Crippen LogP contribution < -0.4 is 10.1 Å². The Balaban J connectivity index is 1.81. The lowest BCUT2D eigenvalue weighted by atomic mass is 10.1. The highest BCUT2D eigenvalue weighted by Gasteiger charge is 2.44. The molecule has 0 spiro atoms. The number of rotatable bonds is 7. The molecule has 0 saturated heterocycles. The minimum Gasteiger partial charge on any atom is -0.497 e. The number of hydrogen-bond donors (Lipinski definition) is 1. The van der Waals surface area contributed by atoms with E-state index in [1.807, 2.05) is 24.3 Å². The lowest BCUT2D eigenvalue weighted by molar-refractivity contribution is -0.117. The maximum atomic E-state index is 12.9.